The number of hydrogen-bond acceptors (Lipinski definition) is 2. The van der Waals surface area contributed by atoms with Crippen LogP contribution < -0.4 is 10.9 Å². The summed E-state index contributed by atoms with van der Waals surface area (Å²) >= 11 is 3.03. The lowest BCUT2D eigenvalue weighted by molar-refractivity contribution is 0.102. The molecule has 0 radical (unpaired) electrons. The van der Waals surface area contributed by atoms with Crippen LogP contribution in [0.3, 0.4) is 0 Å². The third-order valence-corrected chi connectivity index (χ3v) is 3.35. The van der Waals surface area contributed by atoms with Crippen LogP contribution in [0, 0.1) is 5.82 Å². The predicted molar refractivity (Wildman–Crippen MR) is 73.7 cm³/mol. The van der Waals surface area contributed by atoms with Crippen molar-refractivity contribution in [3.8, 4) is 0 Å². The Morgan fingerprint density at radius 1 is 1.32 bits per heavy atom. The number of anilines is 1. The van der Waals surface area contributed by atoms with E-state index in [9.17, 15) is 14.0 Å². The molecule has 4 nitrogen and oxygen atoms in total. The van der Waals surface area contributed by atoms with Gasteiger partial charge < -0.3 is 9.88 Å². The molecule has 0 saturated heterocycles. The molecule has 0 saturated carbocycles. The molecular weight excluding hydrogens is 315 g/mol. The molecule has 0 spiro atoms. The number of amides is 1. The van der Waals surface area contributed by atoms with Gasteiger partial charge in [-0.15, -0.1) is 0 Å². The van der Waals surface area contributed by atoms with Crippen LogP contribution in [0.1, 0.15) is 10.4 Å². The van der Waals surface area contributed by atoms with Crippen LogP contribution in [0.4, 0.5) is 10.1 Å². The summed E-state index contributed by atoms with van der Waals surface area (Å²) < 4.78 is 14.8. The number of halogens is 2. The monoisotopic (exact) mass is 324 g/mol. The minimum atomic E-state index is -0.506. The molecule has 0 aliphatic carbocycles. The van der Waals surface area contributed by atoms with Crippen molar-refractivity contribution in [3.63, 3.8) is 0 Å². The number of pyridine rings is 1. The Morgan fingerprint density at radius 2 is 2.05 bits per heavy atom. The molecule has 1 N–H and O–H groups in total. The number of rotatable bonds is 2. The van der Waals surface area contributed by atoms with Crippen molar-refractivity contribution in [2.24, 2.45) is 7.05 Å². The minimum Gasteiger partial charge on any atom is -0.321 e. The van der Waals surface area contributed by atoms with Gasteiger partial charge in [-0.3, -0.25) is 9.59 Å². The fourth-order valence-electron chi connectivity index (χ4n) is 1.55. The number of hydrogen-bond donors (Lipinski definition) is 1. The van der Waals surface area contributed by atoms with E-state index >= 15 is 0 Å². The van der Waals surface area contributed by atoms with Crippen molar-refractivity contribution in [3.05, 3.63) is 62.7 Å². The first kappa shape index (κ1) is 13.5. The van der Waals surface area contributed by atoms with Gasteiger partial charge in [-0.1, -0.05) is 6.07 Å². The lowest BCUT2D eigenvalue weighted by Crippen LogP contribution is -2.18. The molecule has 2 rings (SSSR count). The van der Waals surface area contributed by atoms with Gasteiger partial charge >= 0.3 is 0 Å². The Kier molecular flexibility index (Phi) is 3.80. The van der Waals surface area contributed by atoms with E-state index in [4.69, 9.17) is 0 Å². The summed E-state index contributed by atoms with van der Waals surface area (Å²) in [5.74, 6) is -0.960. The Balaban J connectivity index is 2.28. The normalized spacial score (nSPS) is 10.3. The number of aromatic nitrogens is 1. The second kappa shape index (κ2) is 5.36. The van der Waals surface area contributed by atoms with E-state index in [0.717, 1.165) is 0 Å². The van der Waals surface area contributed by atoms with Gasteiger partial charge in [-0.05, 0) is 34.1 Å². The van der Waals surface area contributed by atoms with Crippen molar-refractivity contribution < 1.29 is 9.18 Å². The minimum absolute atomic E-state index is 0.109. The zero-order valence-electron chi connectivity index (χ0n) is 9.98. The molecule has 0 aliphatic rings. The van der Waals surface area contributed by atoms with Gasteiger partial charge in [0.05, 0.1) is 15.7 Å². The summed E-state index contributed by atoms with van der Waals surface area (Å²) in [7, 11) is 1.58. The smallest absolute Gasteiger partial charge is 0.256 e. The highest BCUT2D eigenvalue weighted by Gasteiger charge is 2.13. The highest BCUT2D eigenvalue weighted by Crippen LogP contribution is 2.21. The highest BCUT2D eigenvalue weighted by molar-refractivity contribution is 9.10. The summed E-state index contributed by atoms with van der Waals surface area (Å²) in [5.41, 5.74) is 0.474. The van der Waals surface area contributed by atoms with Crippen LogP contribution in [0.2, 0.25) is 0 Å². The van der Waals surface area contributed by atoms with Crippen molar-refractivity contribution >= 4 is 27.5 Å². The maximum atomic E-state index is 13.3. The standard InChI is InChI=1S/C13H10BrFN2O2/c1-17-7-8(5-6-11(17)18)16-13(19)9-3-2-4-10(15)12(9)14/h2-7H,1H3,(H,16,19). The number of carbonyl (C=O) groups is 1. The van der Waals surface area contributed by atoms with E-state index in [0.29, 0.717) is 5.69 Å². The van der Waals surface area contributed by atoms with E-state index in [-0.39, 0.29) is 15.6 Å². The zero-order valence-corrected chi connectivity index (χ0v) is 11.6. The number of aryl methyl sites for hydroxylation is 1. The molecular formula is C13H10BrFN2O2. The van der Waals surface area contributed by atoms with Gasteiger partial charge in [0.1, 0.15) is 5.82 Å². The van der Waals surface area contributed by atoms with Crippen LogP contribution in [0.15, 0.2) is 45.8 Å². The Morgan fingerprint density at radius 3 is 2.74 bits per heavy atom. The molecule has 6 heteroatoms. The van der Waals surface area contributed by atoms with Gasteiger partial charge in [0.2, 0.25) is 5.56 Å². The first-order chi connectivity index (χ1) is 8.99. The lowest BCUT2D eigenvalue weighted by atomic mass is 10.2. The van der Waals surface area contributed by atoms with E-state index in [2.05, 4.69) is 21.2 Å². The number of benzene rings is 1. The third-order valence-electron chi connectivity index (χ3n) is 2.54. The summed E-state index contributed by atoms with van der Waals surface area (Å²) in [4.78, 5) is 23.2. The van der Waals surface area contributed by atoms with Crippen molar-refractivity contribution in [2.75, 3.05) is 5.32 Å². The second-order valence-corrected chi connectivity index (χ2v) is 4.72. The van der Waals surface area contributed by atoms with Crippen LogP contribution >= 0.6 is 15.9 Å². The molecule has 0 aliphatic heterocycles. The molecule has 98 valence electrons. The predicted octanol–water partition coefficient (Wildman–Crippen LogP) is 2.54. The molecule has 1 heterocycles. The molecule has 0 fully saturated rings. The van der Waals surface area contributed by atoms with Gasteiger partial charge in [0.25, 0.3) is 5.91 Å². The molecule has 1 amide bonds. The maximum Gasteiger partial charge on any atom is 0.256 e. The maximum absolute atomic E-state index is 13.3. The fraction of sp³-hybridized carbons (Fsp3) is 0.0769. The topological polar surface area (TPSA) is 51.1 Å². The molecule has 0 unspecified atom stereocenters. The molecule has 2 aromatic rings. The summed E-state index contributed by atoms with van der Waals surface area (Å²) in [5, 5.41) is 2.60. The number of nitrogens with zero attached hydrogens (tertiary/aromatic N) is 1. The van der Waals surface area contributed by atoms with E-state index in [1.165, 1.54) is 41.1 Å². The quantitative estimate of drug-likeness (QED) is 0.922. The van der Waals surface area contributed by atoms with Gasteiger partial charge in [-0.2, -0.15) is 0 Å². The van der Waals surface area contributed by atoms with Crippen molar-refractivity contribution in [1.29, 1.82) is 0 Å². The molecule has 19 heavy (non-hydrogen) atoms. The van der Waals surface area contributed by atoms with E-state index in [1.807, 2.05) is 0 Å². The van der Waals surface area contributed by atoms with Gasteiger partial charge in [0, 0.05) is 19.3 Å². The van der Waals surface area contributed by atoms with Crippen LogP contribution in [-0.2, 0) is 7.05 Å². The van der Waals surface area contributed by atoms with Gasteiger partial charge in [-0.25, -0.2) is 4.39 Å². The van der Waals surface area contributed by atoms with Crippen molar-refractivity contribution in [2.45, 2.75) is 0 Å². The third kappa shape index (κ3) is 2.90. The zero-order chi connectivity index (χ0) is 14.0. The molecule has 1 aromatic carbocycles. The molecule has 1 aromatic heterocycles. The van der Waals surface area contributed by atoms with E-state index < -0.39 is 11.7 Å². The van der Waals surface area contributed by atoms with Crippen LogP contribution in [0.5, 0.6) is 0 Å². The van der Waals surface area contributed by atoms with Crippen molar-refractivity contribution in [1.82, 2.24) is 4.57 Å². The highest BCUT2D eigenvalue weighted by atomic mass is 79.9. The summed E-state index contributed by atoms with van der Waals surface area (Å²) in [6, 6.07) is 7.05. The fourth-order valence-corrected chi connectivity index (χ4v) is 1.99. The Labute approximate surface area is 117 Å². The summed E-state index contributed by atoms with van der Waals surface area (Å²) in [6.07, 6.45) is 1.49. The average Bonchev–Trinajstić information content (AvgIpc) is 2.37. The SMILES string of the molecule is Cn1cc(NC(=O)c2cccc(F)c2Br)ccc1=O. The van der Waals surface area contributed by atoms with E-state index in [1.54, 1.807) is 7.05 Å². The Hall–Kier alpha value is -1.95. The molecule has 0 bridgehead atoms. The lowest BCUT2D eigenvalue weighted by Gasteiger charge is -2.08. The number of carbonyl (C=O) groups excluding carboxylic acids is 1. The largest absolute Gasteiger partial charge is 0.321 e. The van der Waals surface area contributed by atoms with Crippen LogP contribution in [0.25, 0.3) is 0 Å². The second-order valence-electron chi connectivity index (χ2n) is 3.92. The summed E-state index contributed by atoms with van der Waals surface area (Å²) in [6.45, 7) is 0. The Bertz CT molecular complexity index is 697. The average molecular weight is 325 g/mol. The number of nitrogens with one attached hydrogen (secondary N) is 1. The van der Waals surface area contributed by atoms with Gasteiger partial charge in [0.15, 0.2) is 0 Å². The first-order valence-corrected chi connectivity index (χ1v) is 6.20. The molecule has 0 atom stereocenters. The van der Waals surface area contributed by atoms with Crippen LogP contribution in [-0.4, -0.2) is 10.5 Å². The first-order valence-electron chi connectivity index (χ1n) is 5.41.